The van der Waals surface area contributed by atoms with Crippen molar-refractivity contribution in [3.63, 3.8) is 0 Å². The van der Waals surface area contributed by atoms with Gasteiger partial charge in [0.2, 0.25) is 0 Å². The van der Waals surface area contributed by atoms with Crippen molar-refractivity contribution in [2.75, 3.05) is 4.90 Å². The Morgan fingerprint density at radius 2 is 1.43 bits per heavy atom. The molecule has 0 heterocycles. The van der Waals surface area contributed by atoms with Crippen LogP contribution in [0.5, 0.6) is 0 Å². The SMILES string of the molecule is C=Cc1cccc(N(c2cccc(C)c2)c2ccc3c(c2)C(CC)(CCCCCCCC)C(C)=C3C)c1. The highest BCUT2D eigenvalue weighted by atomic mass is 15.1. The summed E-state index contributed by atoms with van der Waals surface area (Å²) in [4.78, 5) is 2.41. The van der Waals surface area contributed by atoms with E-state index in [0.29, 0.717) is 0 Å². The Kier molecular flexibility index (Phi) is 8.75. The van der Waals surface area contributed by atoms with E-state index in [1.54, 1.807) is 5.57 Å². The molecule has 0 spiro atoms. The number of rotatable bonds is 12. The lowest BCUT2D eigenvalue weighted by Gasteiger charge is -2.34. The highest BCUT2D eigenvalue weighted by molar-refractivity contribution is 5.84. The molecular weight excluding hydrogens is 446 g/mol. The summed E-state index contributed by atoms with van der Waals surface area (Å²) in [6, 6.07) is 24.7. The smallest absolute Gasteiger partial charge is 0.0467 e. The molecule has 0 amide bonds. The van der Waals surface area contributed by atoms with Gasteiger partial charge in [-0.25, -0.2) is 0 Å². The maximum absolute atomic E-state index is 4.01. The zero-order valence-electron chi connectivity index (χ0n) is 23.7. The third-order valence-electron chi connectivity index (χ3n) is 8.65. The first-order valence-electron chi connectivity index (χ1n) is 14.4. The number of unbranched alkanes of at least 4 members (excludes halogenated alkanes) is 5. The number of aryl methyl sites for hydroxylation is 1. The normalized spacial score (nSPS) is 16.7. The van der Waals surface area contributed by atoms with Gasteiger partial charge >= 0.3 is 0 Å². The van der Waals surface area contributed by atoms with Gasteiger partial charge in [0.05, 0.1) is 0 Å². The molecule has 0 saturated heterocycles. The fourth-order valence-electron chi connectivity index (χ4n) is 6.32. The van der Waals surface area contributed by atoms with E-state index >= 15 is 0 Å². The second kappa shape index (κ2) is 12.0. The summed E-state index contributed by atoms with van der Waals surface area (Å²) in [7, 11) is 0. The van der Waals surface area contributed by atoms with Gasteiger partial charge in [0.15, 0.2) is 0 Å². The highest BCUT2D eigenvalue weighted by Crippen LogP contribution is 2.52. The van der Waals surface area contributed by atoms with Crippen LogP contribution in [0.2, 0.25) is 0 Å². The van der Waals surface area contributed by atoms with Gasteiger partial charge in [-0.2, -0.15) is 0 Å². The number of fused-ring (bicyclic) bond motifs is 1. The van der Waals surface area contributed by atoms with Crippen LogP contribution in [0.3, 0.4) is 0 Å². The van der Waals surface area contributed by atoms with Gasteiger partial charge in [-0.1, -0.05) is 101 Å². The second-order valence-electron chi connectivity index (χ2n) is 10.9. The van der Waals surface area contributed by atoms with Crippen LogP contribution in [-0.4, -0.2) is 0 Å². The van der Waals surface area contributed by atoms with Gasteiger partial charge in [-0.3, -0.25) is 0 Å². The number of hydrogen-bond acceptors (Lipinski definition) is 1. The van der Waals surface area contributed by atoms with Crippen molar-refractivity contribution in [3.05, 3.63) is 101 Å². The summed E-state index contributed by atoms with van der Waals surface area (Å²) in [5.41, 5.74) is 12.1. The quantitative estimate of drug-likeness (QED) is 0.228. The Balaban J connectivity index is 1.77. The zero-order chi connectivity index (χ0) is 26.4. The van der Waals surface area contributed by atoms with Crippen molar-refractivity contribution in [2.24, 2.45) is 0 Å². The lowest BCUT2D eigenvalue weighted by atomic mass is 9.71. The monoisotopic (exact) mass is 491 g/mol. The topological polar surface area (TPSA) is 3.24 Å². The second-order valence-corrected chi connectivity index (χ2v) is 10.9. The molecule has 0 fully saturated rings. The minimum Gasteiger partial charge on any atom is -0.310 e. The minimum atomic E-state index is 0.140. The molecule has 1 unspecified atom stereocenters. The average Bonchev–Trinajstić information content (AvgIpc) is 3.12. The predicted octanol–water partition coefficient (Wildman–Crippen LogP) is 11.3. The van der Waals surface area contributed by atoms with Crippen molar-refractivity contribution in [1.29, 1.82) is 0 Å². The molecule has 3 aromatic rings. The number of anilines is 3. The number of allylic oxidation sites excluding steroid dienone is 2. The van der Waals surface area contributed by atoms with Gasteiger partial charge in [0, 0.05) is 22.5 Å². The molecule has 0 aromatic heterocycles. The van der Waals surface area contributed by atoms with E-state index in [-0.39, 0.29) is 5.41 Å². The molecule has 1 heteroatoms. The molecule has 0 N–H and O–H groups in total. The average molecular weight is 492 g/mol. The summed E-state index contributed by atoms with van der Waals surface area (Å²) >= 11 is 0. The van der Waals surface area contributed by atoms with Crippen molar-refractivity contribution in [3.8, 4) is 0 Å². The van der Waals surface area contributed by atoms with Crippen LogP contribution in [-0.2, 0) is 5.41 Å². The molecule has 1 nitrogen and oxygen atoms in total. The van der Waals surface area contributed by atoms with Crippen LogP contribution in [0.15, 0.2) is 78.9 Å². The number of nitrogens with zero attached hydrogens (tertiary/aromatic N) is 1. The summed E-state index contributed by atoms with van der Waals surface area (Å²) < 4.78 is 0. The maximum atomic E-state index is 4.01. The molecule has 1 atom stereocenters. The maximum Gasteiger partial charge on any atom is 0.0467 e. The van der Waals surface area contributed by atoms with E-state index in [0.717, 1.165) is 12.0 Å². The van der Waals surface area contributed by atoms with E-state index in [1.807, 2.05) is 6.08 Å². The third-order valence-corrected chi connectivity index (χ3v) is 8.65. The van der Waals surface area contributed by atoms with Gasteiger partial charge in [-0.15, -0.1) is 0 Å². The first-order chi connectivity index (χ1) is 17.9. The Bertz CT molecular complexity index is 1260. The molecule has 4 rings (SSSR count). The Hall–Kier alpha value is -3.06. The first-order valence-corrected chi connectivity index (χ1v) is 14.4. The van der Waals surface area contributed by atoms with Crippen molar-refractivity contribution < 1.29 is 0 Å². The molecule has 3 aromatic carbocycles. The largest absolute Gasteiger partial charge is 0.310 e. The molecule has 0 radical (unpaired) electrons. The molecule has 37 heavy (non-hydrogen) atoms. The summed E-state index contributed by atoms with van der Waals surface area (Å²) in [5, 5.41) is 0. The highest BCUT2D eigenvalue weighted by Gasteiger charge is 2.40. The predicted molar refractivity (Wildman–Crippen MR) is 164 cm³/mol. The van der Waals surface area contributed by atoms with Crippen LogP contribution in [0.4, 0.5) is 17.1 Å². The van der Waals surface area contributed by atoms with Crippen LogP contribution >= 0.6 is 0 Å². The third kappa shape index (κ3) is 5.47. The van der Waals surface area contributed by atoms with Crippen LogP contribution in [0.25, 0.3) is 11.6 Å². The van der Waals surface area contributed by atoms with Gasteiger partial charge in [0.1, 0.15) is 0 Å². The number of benzene rings is 3. The van der Waals surface area contributed by atoms with Crippen LogP contribution in [0.1, 0.15) is 101 Å². The summed E-state index contributed by atoms with van der Waals surface area (Å²) in [5.74, 6) is 0. The molecule has 0 bridgehead atoms. The van der Waals surface area contributed by atoms with Crippen molar-refractivity contribution >= 4 is 28.7 Å². The Morgan fingerprint density at radius 3 is 2.14 bits per heavy atom. The van der Waals surface area contributed by atoms with E-state index in [2.05, 4.69) is 113 Å². The molecule has 1 aliphatic carbocycles. The Morgan fingerprint density at radius 1 is 0.757 bits per heavy atom. The van der Waals surface area contributed by atoms with Gasteiger partial charge in [0.25, 0.3) is 0 Å². The lowest BCUT2D eigenvalue weighted by molar-refractivity contribution is 0.424. The van der Waals surface area contributed by atoms with Gasteiger partial charge in [-0.05, 0) is 97.8 Å². The molecule has 0 aliphatic heterocycles. The van der Waals surface area contributed by atoms with Crippen LogP contribution in [0, 0.1) is 6.92 Å². The fraction of sp³-hybridized carbons (Fsp3) is 0.389. The zero-order valence-corrected chi connectivity index (χ0v) is 23.7. The molecule has 194 valence electrons. The van der Waals surface area contributed by atoms with E-state index in [4.69, 9.17) is 0 Å². The fourth-order valence-corrected chi connectivity index (χ4v) is 6.32. The molecular formula is C36H45N. The minimum absolute atomic E-state index is 0.140. The lowest BCUT2D eigenvalue weighted by Crippen LogP contribution is -2.25. The Labute approximate surface area is 225 Å². The van der Waals surface area contributed by atoms with Crippen molar-refractivity contribution in [1.82, 2.24) is 0 Å². The van der Waals surface area contributed by atoms with Crippen LogP contribution < -0.4 is 4.90 Å². The standard InChI is InChI=1S/C36H45N/c1-7-10-11-12-13-14-23-36(9-3)29(6)28(5)34-22-21-33(26-35(34)36)37(31-19-15-17-27(4)24-31)32-20-16-18-30(8-2)25-32/h8,15-22,24-26H,2,7,9-14,23H2,1,3-6H3. The summed E-state index contributed by atoms with van der Waals surface area (Å²) in [6.45, 7) is 15.6. The molecule has 0 saturated carbocycles. The van der Waals surface area contributed by atoms with Gasteiger partial charge < -0.3 is 4.90 Å². The van der Waals surface area contributed by atoms with Crippen molar-refractivity contribution in [2.45, 2.75) is 91.4 Å². The van der Waals surface area contributed by atoms with E-state index in [9.17, 15) is 0 Å². The van der Waals surface area contributed by atoms with E-state index < -0.39 is 0 Å². The molecule has 1 aliphatic rings. The number of hydrogen-bond donors (Lipinski definition) is 0. The summed E-state index contributed by atoms with van der Waals surface area (Å²) in [6.07, 6.45) is 12.4. The first kappa shape index (κ1) is 27.0. The van der Waals surface area contributed by atoms with E-state index in [1.165, 1.54) is 84.3 Å².